The second kappa shape index (κ2) is 5.13. The summed E-state index contributed by atoms with van der Waals surface area (Å²) < 4.78 is 0. The molecule has 1 unspecified atom stereocenters. The number of hydrogen-bond donors (Lipinski definition) is 0. The molecule has 2 rings (SSSR count). The first-order chi connectivity index (χ1) is 7.36. The summed E-state index contributed by atoms with van der Waals surface area (Å²) in [6.07, 6.45) is 8.29. The van der Waals surface area contributed by atoms with Gasteiger partial charge in [0.25, 0.3) is 0 Å². The summed E-state index contributed by atoms with van der Waals surface area (Å²) in [4.78, 5) is 2.45. The molecule has 1 atom stereocenters. The molecule has 1 nitrogen and oxygen atoms in total. The quantitative estimate of drug-likeness (QED) is 0.680. The molecule has 1 aliphatic heterocycles. The van der Waals surface area contributed by atoms with E-state index in [0.29, 0.717) is 6.04 Å². The Morgan fingerprint density at radius 2 is 2.07 bits per heavy atom. The lowest BCUT2D eigenvalue weighted by molar-refractivity contribution is 0.264. The molecule has 80 valence electrons. The highest BCUT2D eigenvalue weighted by atomic mass is 15.1. The van der Waals surface area contributed by atoms with Crippen molar-refractivity contribution in [1.82, 2.24) is 4.90 Å². The second-order valence-corrected chi connectivity index (χ2v) is 4.29. The fourth-order valence-electron chi connectivity index (χ4n) is 2.12. The summed E-state index contributed by atoms with van der Waals surface area (Å²) in [6, 6.07) is 11.4. The molecule has 1 aromatic rings. The molecule has 1 aromatic carbocycles. The van der Waals surface area contributed by atoms with Crippen LogP contribution in [0.3, 0.4) is 0 Å². The van der Waals surface area contributed by atoms with Gasteiger partial charge >= 0.3 is 0 Å². The average molecular weight is 201 g/mol. The topological polar surface area (TPSA) is 3.24 Å². The lowest BCUT2D eigenvalue weighted by Gasteiger charge is -2.28. The molecular formula is C14H19N. The maximum absolute atomic E-state index is 2.45. The van der Waals surface area contributed by atoms with Crippen LogP contribution in [0.25, 0.3) is 0 Å². The van der Waals surface area contributed by atoms with Gasteiger partial charge in [-0.25, -0.2) is 0 Å². The Balaban J connectivity index is 1.87. The third-order valence-corrected chi connectivity index (χ3v) is 3.14. The Morgan fingerprint density at radius 1 is 1.27 bits per heavy atom. The molecule has 1 heteroatoms. The largest absolute Gasteiger partial charge is 0.300 e. The van der Waals surface area contributed by atoms with Crippen molar-refractivity contribution in [3.63, 3.8) is 0 Å². The minimum absolute atomic E-state index is 0.638. The minimum atomic E-state index is 0.638. The fraction of sp³-hybridized carbons (Fsp3) is 0.429. The van der Waals surface area contributed by atoms with Crippen molar-refractivity contribution >= 4 is 0 Å². The molecule has 0 aromatic heterocycles. The Hall–Kier alpha value is -1.08. The van der Waals surface area contributed by atoms with Crippen molar-refractivity contribution in [2.75, 3.05) is 13.6 Å². The zero-order valence-corrected chi connectivity index (χ0v) is 9.39. The van der Waals surface area contributed by atoms with Crippen LogP contribution in [0.1, 0.15) is 18.4 Å². The summed E-state index contributed by atoms with van der Waals surface area (Å²) in [5.74, 6) is 0. The monoisotopic (exact) mass is 201 g/mol. The maximum atomic E-state index is 2.45. The van der Waals surface area contributed by atoms with E-state index < -0.39 is 0 Å². The van der Waals surface area contributed by atoms with Crippen molar-refractivity contribution in [3.05, 3.63) is 48.0 Å². The third-order valence-electron chi connectivity index (χ3n) is 3.14. The van der Waals surface area contributed by atoms with Crippen LogP contribution in [0, 0.1) is 0 Å². The van der Waals surface area contributed by atoms with Crippen LogP contribution in [0.15, 0.2) is 42.5 Å². The van der Waals surface area contributed by atoms with Crippen molar-refractivity contribution in [2.45, 2.75) is 25.3 Å². The van der Waals surface area contributed by atoms with Gasteiger partial charge in [0, 0.05) is 12.6 Å². The van der Waals surface area contributed by atoms with Gasteiger partial charge in [-0.1, -0.05) is 42.5 Å². The van der Waals surface area contributed by atoms with E-state index in [0.717, 1.165) is 0 Å². The molecule has 0 amide bonds. The lowest BCUT2D eigenvalue weighted by Crippen LogP contribution is -2.33. The molecule has 0 aliphatic carbocycles. The molecule has 0 saturated heterocycles. The van der Waals surface area contributed by atoms with E-state index in [1.165, 1.54) is 31.4 Å². The molecule has 0 fully saturated rings. The molecule has 1 aliphatic rings. The minimum Gasteiger partial charge on any atom is -0.300 e. The summed E-state index contributed by atoms with van der Waals surface area (Å²) in [5.41, 5.74) is 1.45. The van der Waals surface area contributed by atoms with Gasteiger partial charge in [0.15, 0.2) is 0 Å². The van der Waals surface area contributed by atoms with Crippen molar-refractivity contribution in [3.8, 4) is 0 Å². The zero-order chi connectivity index (χ0) is 10.5. The predicted octanol–water partition coefficient (Wildman–Crippen LogP) is 2.88. The van der Waals surface area contributed by atoms with Gasteiger partial charge in [-0.2, -0.15) is 0 Å². The normalized spacial score (nSPS) is 21.8. The van der Waals surface area contributed by atoms with E-state index >= 15 is 0 Å². The Bertz CT molecular complexity index is 315. The van der Waals surface area contributed by atoms with Crippen LogP contribution >= 0.6 is 0 Å². The summed E-state index contributed by atoms with van der Waals surface area (Å²) >= 11 is 0. The Morgan fingerprint density at radius 3 is 2.80 bits per heavy atom. The number of rotatable bonds is 3. The zero-order valence-electron chi connectivity index (χ0n) is 9.39. The number of aryl methyl sites for hydroxylation is 1. The number of nitrogens with zero attached hydrogens (tertiary/aromatic N) is 1. The molecule has 0 spiro atoms. The van der Waals surface area contributed by atoms with Gasteiger partial charge in [-0.15, -0.1) is 0 Å². The molecule has 0 bridgehead atoms. The highest BCUT2D eigenvalue weighted by molar-refractivity contribution is 5.15. The predicted molar refractivity (Wildman–Crippen MR) is 64.9 cm³/mol. The van der Waals surface area contributed by atoms with E-state index in [2.05, 4.69) is 54.4 Å². The second-order valence-electron chi connectivity index (χ2n) is 4.29. The molecule has 15 heavy (non-hydrogen) atoms. The first kappa shape index (κ1) is 10.4. The standard InChI is InChI=1S/C14H19N/c1-15-12-6-5-9-14(15)11-10-13-7-3-2-4-8-13/h2-5,7-9,14H,6,10-12H2,1H3. The van der Waals surface area contributed by atoms with Crippen LogP contribution in [-0.4, -0.2) is 24.5 Å². The summed E-state index contributed by atoms with van der Waals surface area (Å²) in [7, 11) is 2.22. The van der Waals surface area contributed by atoms with Crippen LogP contribution in [0.4, 0.5) is 0 Å². The van der Waals surface area contributed by atoms with E-state index in [1.807, 2.05) is 0 Å². The van der Waals surface area contributed by atoms with Crippen molar-refractivity contribution in [2.24, 2.45) is 0 Å². The van der Waals surface area contributed by atoms with Crippen LogP contribution in [0.2, 0.25) is 0 Å². The smallest absolute Gasteiger partial charge is 0.0278 e. The average Bonchev–Trinajstić information content (AvgIpc) is 2.29. The fourth-order valence-corrected chi connectivity index (χ4v) is 2.12. The lowest BCUT2D eigenvalue weighted by atomic mass is 10.0. The molecule has 0 N–H and O–H groups in total. The number of hydrogen-bond acceptors (Lipinski definition) is 1. The van der Waals surface area contributed by atoms with Gasteiger partial charge < -0.3 is 0 Å². The van der Waals surface area contributed by atoms with Gasteiger partial charge in [0.05, 0.1) is 0 Å². The Labute approximate surface area is 92.4 Å². The molecule has 1 heterocycles. The van der Waals surface area contributed by atoms with Crippen LogP contribution in [-0.2, 0) is 6.42 Å². The van der Waals surface area contributed by atoms with Gasteiger partial charge in [-0.3, -0.25) is 4.90 Å². The van der Waals surface area contributed by atoms with Gasteiger partial charge in [-0.05, 0) is 31.9 Å². The highest BCUT2D eigenvalue weighted by Crippen LogP contribution is 2.14. The van der Waals surface area contributed by atoms with Gasteiger partial charge in [0.1, 0.15) is 0 Å². The van der Waals surface area contributed by atoms with E-state index in [1.54, 1.807) is 0 Å². The number of benzene rings is 1. The SMILES string of the molecule is CN1CCC=CC1CCc1ccccc1. The molecule has 0 radical (unpaired) electrons. The highest BCUT2D eigenvalue weighted by Gasteiger charge is 2.13. The molecule has 0 saturated carbocycles. The van der Waals surface area contributed by atoms with Crippen molar-refractivity contribution in [1.29, 1.82) is 0 Å². The van der Waals surface area contributed by atoms with E-state index in [4.69, 9.17) is 0 Å². The number of likely N-dealkylation sites (N-methyl/N-ethyl adjacent to an activating group) is 1. The van der Waals surface area contributed by atoms with Crippen molar-refractivity contribution < 1.29 is 0 Å². The summed E-state index contributed by atoms with van der Waals surface area (Å²) in [5, 5.41) is 0. The first-order valence-electron chi connectivity index (χ1n) is 5.77. The maximum Gasteiger partial charge on any atom is 0.0278 e. The Kier molecular flexibility index (Phi) is 3.57. The summed E-state index contributed by atoms with van der Waals surface area (Å²) in [6.45, 7) is 1.20. The molecular weight excluding hydrogens is 182 g/mol. The third kappa shape index (κ3) is 2.93. The van der Waals surface area contributed by atoms with E-state index in [9.17, 15) is 0 Å². The van der Waals surface area contributed by atoms with Crippen LogP contribution in [0.5, 0.6) is 0 Å². The first-order valence-corrected chi connectivity index (χ1v) is 5.77. The van der Waals surface area contributed by atoms with Gasteiger partial charge in [0.2, 0.25) is 0 Å². The van der Waals surface area contributed by atoms with E-state index in [-0.39, 0.29) is 0 Å². The van der Waals surface area contributed by atoms with Crippen LogP contribution < -0.4 is 0 Å².